The molecule has 0 saturated carbocycles. The molecule has 0 bridgehead atoms. The highest BCUT2D eigenvalue weighted by molar-refractivity contribution is 6.61. The Balaban J connectivity index is 1.74. The average Bonchev–Trinajstić information content (AvgIpc) is 2.94. The largest absolute Gasteiger partial charge is 0.516 e. The van der Waals surface area contributed by atoms with Crippen LogP contribution < -0.4 is 5.59 Å². The molecule has 0 radical (unpaired) electrons. The molecule has 0 amide bonds. The summed E-state index contributed by atoms with van der Waals surface area (Å²) >= 11 is 0. The molecule has 1 aromatic heterocycles. The van der Waals surface area contributed by atoms with Gasteiger partial charge in [0, 0.05) is 12.8 Å². The molecule has 2 fully saturated rings. The van der Waals surface area contributed by atoms with E-state index in [9.17, 15) is 0 Å². The minimum atomic E-state index is -0.398. The summed E-state index contributed by atoms with van der Waals surface area (Å²) in [5.41, 5.74) is 0.156. The van der Waals surface area contributed by atoms with E-state index in [1.807, 2.05) is 44.8 Å². The molecular weight excluding hydrogens is 255 g/mol. The van der Waals surface area contributed by atoms with Gasteiger partial charge in [-0.15, -0.1) is 0 Å². The lowest BCUT2D eigenvalue weighted by Gasteiger charge is -2.32. The predicted octanol–water partition coefficient (Wildman–Crippen LogP) is 1.88. The standard InChI is InChI=1S/C14H23BN2O3/c1-13(2)14(3,4)20-15(19-13)11-9-17(10-16-11)12-7-5-6-8-18-12/h9-10,12H,5-8H2,1-4H3. The van der Waals surface area contributed by atoms with E-state index in [1.165, 1.54) is 6.42 Å². The summed E-state index contributed by atoms with van der Waals surface area (Å²) in [7, 11) is -0.398. The van der Waals surface area contributed by atoms with Crippen LogP contribution in [0.5, 0.6) is 0 Å². The van der Waals surface area contributed by atoms with Gasteiger partial charge in [0.25, 0.3) is 0 Å². The average molecular weight is 278 g/mol. The topological polar surface area (TPSA) is 45.5 Å². The van der Waals surface area contributed by atoms with Crippen molar-refractivity contribution in [2.75, 3.05) is 6.61 Å². The van der Waals surface area contributed by atoms with Crippen LogP contribution in [-0.4, -0.2) is 34.5 Å². The molecule has 1 atom stereocenters. The van der Waals surface area contributed by atoms with E-state index in [2.05, 4.69) is 4.98 Å². The highest BCUT2D eigenvalue weighted by Gasteiger charge is 2.52. The molecular formula is C14H23BN2O3. The molecule has 1 aromatic rings. The van der Waals surface area contributed by atoms with Gasteiger partial charge in [-0.25, -0.2) is 4.98 Å². The Bertz CT molecular complexity index is 465. The number of hydrogen-bond donors (Lipinski definition) is 0. The Labute approximate surface area is 120 Å². The Morgan fingerprint density at radius 2 is 1.90 bits per heavy atom. The van der Waals surface area contributed by atoms with Gasteiger partial charge >= 0.3 is 7.12 Å². The van der Waals surface area contributed by atoms with Crippen molar-refractivity contribution in [2.24, 2.45) is 0 Å². The quantitative estimate of drug-likeness (QED) is 0.775. The maximum atomic E-state index is 6.01. The summed E-state index contributed by atoms with van der Waals surface area (Å²) in [5, 5.41) is 0. The third-order valence-electron chi connectivity index (χ3n) is 4.60. The Hall–Kier alpha value is -0.845. The zero-order valence-electron chi connectivity index (χ0n) is 12.8. The molecule has 0 N–H and O–H groups in total. The summed E-state index contributed by atoms with van der Waals surface area (Å²) in [6, 6.07) is 0. The van der Waals surface area contributed by atoms with Gasteiger partial charge in [0.1, 0.15) is 6.23 Å². The van der Waals surface area contributed by atoms with Crippen LogP contribution in [0, 0.1) is 0 Å². The first-order valence-corrected chi connectivity index (χ1v) is 7.40. The third kappa shape index (κ3) is 2.40. The van der Waals surface area contributed by atoms with Gasteiger partial charge in [-0.2, -0.15) is 0 Å². The summed E-state index contributed by atoms with van der Waals surface area (Å²) < 4.78 is 19.8. The molecule has 6 heteroatoms. The number of hydrogen-bond acceptors (Lipinski definition) is 4. The maximum absolute atomic E-state index is 6.01. The monoisotopic (exact) mass is 278 g/mol. The van der Waals surface area contributed by atoms with E-state index in [-0.39, 0.29) is 17.4 Å². The maximum Gasteiger partial charge on any atom is 0.516 e. The van der Waals surface area contributed by atoms with Crippen LogP contribution in [-0.2, 0) is 14.0 Å². The van der Waals surface area contributed by atoms with Crippen molar-refractivity contribution in [1.82, 2.24) is 9.55 Å². The predicted molar refractivity (Wildman–Crippen MR) is 76.8 cm³/mol. The van der Waals surface area contributed by atoms with E-state index >= 15 is 0 Å². The van der Waals surface area contributed by atoms with Gasteiger partial charge in [0.15, 0.2) is 0 Å². The van der Waals surface area contributed by atoms with E-state index in [4.69, 9.17) is 14.0 Å². The van der Waals surface area contributed by atoms with Crippen molar-refractivity contribution in [3.8, 4) is 0 Å². The van der Waals surface area contributed by atoms with Crippen LogP contribution >= 0.6 is 0 Å². The number of nitrogens with zero attached hydrogens (tertiary/aromatic N) is 2. The van der Waals surface area contributed by atoms with E-state index in [1.54, 1.807) is 0 Å². The summed E-state index contributed by atoms with van der Waals surface area (Å²) in [5.74, 6) is 0. The lowest BCUT2D eigenvalue weighted by molar-refractivity contribution is -0.0319. The van der Waals surface area contributed by atoms with Gasteiger partial charge in [0.2, 0.25) is 0 Å². The molecule has 3 rings (SSSR count). The zero-order chi connectivity index (χ0) is 14.4. The Morgan fingerprint density at radius 3 is 2.50 bits per heavy atom. The van der Waals surface area contributed by atoms with Gasteiger partial charge in [-0.1, -0.05) is 0 Å². The molecule has 0 aliphatic carbocycles. The normalized spacial score (nSPS) is 28.8. The fourth-order valence-corrected chi connectivity index (χ4v) is 2.55. The summed E-state index contributed by atoms with van der Waals surface area (Å²) in [6.45, 7) is 9.03. The Morgan fingerprint density at radius 1 is 1.20 bits per heavy atom. The second-order valence-corrected chi connectivity index (χ2v) is 6.66. The molecule has 2 aliphatic heterocycles. The molecule has 110 valence electrons. The smallest absolute Gasteiger partial charge is 0.398 e. The molecule has 0 aromatic carbocycles. The SMILES string of the molecule is CC1(C)OB(c2cn(C3CCCCO3)cn2)OC1(C)C. The summed E-state index contributed by atoms with van der Waals surface area (Å²) in [4.78, 5) is 4.44. The van der Waals surface area contributed by atoms with Crippen molar-refractivity contribution in [2.45, 2.75) is 64.4 Å². The molecule has 3 heterocycles. The highest BCUT2D eigenvalue weighted by atomic mass is 16.7. The van der Waals surface area contributed by atoms with Crippen molar-refractivity contribution in [3.05, 3.63) is 12.5 Å². The van der Waals surface area contributed by atoms with Crippen LogP contribution in [0.15, 0.2) is 12.5 Å². The third-order valence-corrected chi connectivity index (χ3v) is 4.60. The number of imidazole rings is 1. The molecule has 1 unspecified atom stereocenters. The van der Waals surface area contributed by atoms with Crippen LogP contribution in [0.1, 0.15) is 53.2 Å². The number of ether oxygens (including phenoxy) is 1. The minimum absolute atomic E-state index is 0.104. The van der Waals surface area contributed by atoms with Gasteiger partial charge < -0.3 is 18.6 Å². The highest BCUT2D eigenvalue weighted by Crippen LogP contribution is 2.36. The van der Waals surface area contributed by atoms with Crippen LogP contribution in [0.2, 0.25) is 0 Å². The van der Waals surface area contributed by atoms with Crippen LogP contribution in [0.4, 0.5) is 0 Å². The lowest BCUT2D eigenvalue weighted by atomic mass is 9.86. The fraction of sp³-hybridized carbons (Fsp3) is 0.786. The van der Waals surface area contributed by atoms with E-state index in [0.29, 0.717) is 0 Å². The number of rotatable bonds is 2. The number of aromatic nitrogens is 2. The molecule has 20 heavy (non-hydrogen) atoms. The fourth-order valence-electron chi connectivity index (χ4n) is 2.55. The van der Waals surface area contributed by atoms with E-state index in [0.717, 1.165) is 25.0 Å². The van der Waals surface area contributed by atoms with Crippen molar-refractivity contribution in [1.29, 1.82) is 0 Å². The first-order chi connectivity index (χ1) is 9.39. The molecule has 2 aliphatic rings. The molecule has 0 spiro atoms. The van der Waals surface area contributed by atoms with Crippen LogP contribution in [0.3, 0.4) is 0 Å². The zero-order valence-corrected chi connectivity index (χ0v) is 12.8. The van der Waals surface area contributed by atoms with Crippen molar-refractivity contribution >= 4 is 12.7 Å². The van der Waals surface area contributed by atoms with Crippen molar-refractivity contribution < 1.29 is 14.0 Å². The minimum Gasteiger partial charge on any atom is -0.398 e. The van der Waals surface area contributed by atoms with Gasteiger partial charge in [-0.05, 0) is 47.0 Å². The molecule has 5 nitrogen and oxygen atoms in total. The van der Waals surface area contributed by atoms with Gasteiger partial charge in [0.05, 0.1) is 23.1 Å². The first-order valence-electron chi connectivity index (χ1n) is 7.40. The first kappa shape index (κ1) is 14.1. The van der Waals surface area contributed by atoms with Gasteiger partial charge in [-0.3, -0.25) is 0 Å². The Kier molecular flexibility index (Phi) is 3.43. The van der Waals surface area contributed by atoms with Crippen molar-refractivity contribution in [3.63, 3.8) is 0 Å². The second-order valence-electron chi connectivity index (χ2n) is 6.66. The van der Waals surface area contributed by atoms with E-state index < -0.39 is 7.12 Å². The summed E-state index contributed by atoms with van der Waals surface area (Å²) in [6.07, 6.45) is 7.30. The lowest BCUT2D eigenvalue weighted by Crippen LogP contribution is -2.41. The van der Waals surface area contributed by atoms with Crippen LogP contribution in [0.25, 0.3) is 0 Å². The molecule has 2 saturated heterocycles. The second kappa shape index (κ2) is 4.86.